The van der Waals surface area contributed by atoms with Gasteiger partial charge in [-0.1, -0.05) is 37.3 Å². The van der Waals surface area contributed by atoms with Gasteiger partial charge in [0, 0.05) is 17.8 Å². The molecule has 0 spiro atoms. The molecule has 0 saturated carbocycles. The lowest BCUT2D eigenvalue weighted by Gasteiger charge is -2.38. The van der Waals surface area contributed by atoms with Crippen molar-refractivity contribution in [3.8, 4) is 0 Å². The van der Waals surface area contributed by atoms with Gasteiger partial charge in [-0.05, 0) is 56.9 Å². The van der Waals surface area contributed by atoms with Gasteiger partial charge in [0.05, 0.1) is 6.04 Å². The van der Waals surface area contributed by atoms with E-state index in [1.807, 2.05) is 24.8 Å². The summed E-state index contributed by atoms with van der Waals surface area (Å²) in [7, 11) is 1.79. The fraction of sp³-hybridized carbons (Fsp3) is 0.636. The van der Waals surface area contributed by atoms with Crippen molar-refractivity contribution in [1.82, 2.24) is 15.5 Å². The lowest BCUT2D eigenvalue weighted by molar-refractivity contribution is -0.142. The monoisotopic (exact) mass is 403 g/mol. The van der Waals surface area contributed by atoms with E-state index in [-0.39, 0.29) is 23.9 Å². The third kappa shape index (κ3) is 5.09. The van der Waals surface area contributed by atoms with Gasteiger partial charge in [-0.3, -0.25) is 9.59 Å². The number of nitrogens with zero attached hydrogens (tertiary/aromatic N) is 1. The number of likely N-dealkylation sites (N-methyl/N-ethyl adjacent to an activating group) is 1. The largest absolute Gasteiger partial charge is 0.343 e. The second-order valence-electron chi connectivity index (χ2n) is 7.83. The number of thioether (sulfide) groups is 1. The van der Waals surface area contributed by atoms with Crippen LogP contribution < -0.4 is 10.6 Å². The zero-order valence-corrected chi connectivity index (χ0v) is 17.8. The summed E-state index contributed by atoms with van der Waals surface area (Å²) in [5.41, 5.74) is 1.37. The number of piperidine rings is 1. The fourth-order valence-corrected chi connectivity index (χ4v) is 5.56. The summed E-state index contributed by atoms with van der Waals surface area (Å²) in [6.07, 6.45) is 5.73. The van der Waals surface area contributed by atoms with E-state index in [1.165, 1.54) is 5.56 Å². The van der Waals surface area contributed by atoms with E-state index >= 15 is 0 Å². The predicted molar refractivity (Wildman–Crippen MR) is 115 cm³/mol. The van der Waals surface area contributed by atoms with Crippen LogP contribution in [-0.4, -0.2) is 59.4 Å². The maximum absolute atomic E-state index is 13.1. The maximum Gasteiger partial charge on any atom is 0.245 e. The Balaban J connectivity index is 1.50. The molecule has 0 aliphatic carbocycles. The first kappa shape index (κ1) is 21.2. The molecule has 2 fully saturated rings. The van der Waals surface area contributed by atoms with Crippen molar-refractivity contribution in [1.29, 1.82) is 0 Å². The molecule has 2 heterocycles. The summed E-state index contributed by atoms with van der Waals surface area (Å²) >= 11 is 1.94. The Bertz CT molecular complexity index is 650. The summed E-state index contributed by atoms with van der Waals surface area (Å²) in [6.45, 7) is 1.97. The van der Waals surface area contributed by atoms with Gasteiger partial charge in [-0.15, -0.1) is 0 Å². The molecule has 3 rings (SSSR count). The molecule has 4 atom stereocenters. The van der Waals surface area contributed by atoms with E-state index < -0.39 is 0 Å². The highest BCUT2D eigenvalue weighted by molar-refractivity contribution is 7.99. The third-order valence-electron chi connectivity index (χ3n) is 6.04. The first-order valence-corrected chi connectivity index (χ1v) is 11.7. The Morgan fingerprint density at radius 2 is 1.96 bits per heavy atom. The van der Waals surface area contributed by atoms with Crippen molar-refractivity contribution >= 4 is 23.6 Å². The van der Waals surface area contributed by atoms with Crippen LogP contribution in [0.4, 0.5) is 0 Å². The molecule has 6 heteroatoms. The number of carbonyl (C=O) groups excluding carboxylic acids is 2. The highest BCUT2D eigenvalue weighted by atomic mass is 32.2. The molecular formula is C22H33N3O2S. The number of amides is 2. The molecule has 2 N–H and O–H groups in total. The number of aryl methyl sites for hydroxylation is 1. The standard InChI is InChI=1S/C22H33N3O2S/c1-3-19(23-2)21(26)24-20-12-11-17-9-10-18(25(17)22(20)27)15-28-14-13-16-7-5-4-6-8-16/h4-8,17-20,23H,3,9-15H2,1-2H3,(H,24,26)/t17-,18+,19?,20+/m1/s1. The van der Waals surface area contributed by atoms with Crippen LogP contribution in [0.2, 0.25) is 0 Å². The average molecular weight is 404 g/mol. The molecule has 0 radical (unpaired) electrons. The van der Waals surface area contributed by atoms with Gasteiger partial charge < -0.3 is 15.5 Å². The topological polar surface area (TPSA) is 61.4 Å². The number of benzene rings is 1. The maximum atomic E-state index is 13.1. The van der Waals surface area contributed by atoms with Gasteiger partial charge >= 0.3 is 0 Å². The molecule has 2 aliphatic rings. The predicted octanol–water partition coefficient (Wildman–Crippen LogP) is 2.60. The molecule has 154 valence electrons. The van der Waals surface area contributed by atoms with Crippen LogP contribution in [0.3, 0.4) is 0 Å². The molecule has 1 aromatic carbocycles. The van der Waals surface area contributed by atoms with Crippen molar-refractivity contribution in [2.45, 2.75) is 69.6 Å². The molecule has 0 bridgehead atoms. The highest BCUT2D eigenvalue weighted by Gasteiger charge is 2.43. The lowest BCUT2D eigenvalue weighted by Crippen LogP contribution is -2.58. The number of fused-ring (bicyclic) bond motifs is 1. The van der Waals surface area contributed by atoms with Gasteiger partial charge in [0.25, 0.3) is 0 Å². The second kappa shape index (κ2) is 10.3. The first-order chi connectivity index (χ1) is 13.6. The Labute approximate surface area is 173 Å². The highest BCUT2D eigenvalue weighted by Crippen LogP contribution is 2.34. The molecule has 1 aromatic rings. The van der Waals surface area contributed by atoms with Crippen LogP contribution >= 0.6 is 11.8 Å². The van der Waals surface area contributed by atoms with E-state index in [9.17, 15) is 9.59 Å². The molecule has 1 unspecified atom stereocenters. The van der Waals surface area contributed by atoms with Crippen molar-refractivity contribution in [3.63, 3.8) is 0 Å². The minimum Gasteiger partial charge on any atom is -0.343 e. The SMILES string of the molecule is CCC(NC)C(=O)N[C@H]1CC[C@H]2CC[C@@H](CSCCc3ccccc3)N2C1=O. The van der Waals surface area contributed by atoms with Crippen molar-refractivity contribution in [3.05, 3.63) is 35.9 Å². The summed E-state index contributed by atoms with van der Waals surface area (Å²) in [5.74, 6) is 2.13. The summed E-state index contributed by atoms with van der Waals surface area (Å²) in [4.78, 5) is 27.6. The molecule has 28 heavy (non-hydrogen) atoms. The van der Waals surface area contributed by atoms with E-state index in [0.29, 0.717) is 12.1 Å². The van der Waals surface area contributed by atoms with E-state index in [1.54, 1.807) is 7.05 Å². The Hall–Kier alpha value is -1.53. The molecule has 2 aliphatic heterocycles. The number of rotatable bonds is 9. The van der Waals surface area contributed by atoms with Crippen LogP contribution in [0.25, 0.3) is 0 Å². The minimum atomic E-state index is -0.360. The van der Waals surface area contributed by atoms with Gasteiger partial charge in [0.1, 0.15) is 6.04 Å². The van der Waals surface area contributed by atoms with Gasteiger partial charge in [0.15, 0.2) is 0 Å². The summed E-state index contributed by atoms with van der Waals surface area (Å²) in [5, 5.41) is 6.01. The number of hydrogen-bond donors (Lipinski definition) is 2. The van der Waals surface area contributed by atoms with E-state index in [2.05, 4.69) is 39.8 Å². The van der Waals surface area contributed by atoms with Crippen molar-refractivity contribution < 1.29 is 9.59 Å². The van der Waals surface area contributed by atoms with Crippen LogP contribution in [0.15, 0.2) is 30.3 Å². The molecule has 2 saturated heterocycles. The molecular weight excluding hydrogens is 370 g/mol. The molecule has 2 amide bonds. The molecule has 0 aromatic heterocycles. The smallest absolute Gasteiger partial charge is 0.245 e. The Morgan fingerprint density at radius 3 is 2.68 bits per heavy atom. The van der Waals surface area contributed by atoms with Gasteiger partial charge in [0.2, 0.25) is 11.8 Å². The normalized spacial score (nSPS) is 25.4. The zero-order chi connectivity index (χ0) is 19.9. The number of carbonyl (C=O) groups is 2. The third-order valence-corrected chi connectivity index (χ3v) is 7.15. The lowest BCUT2D eigenvalue weighted by atomic mass is 9.97. The van der Waals surface area contributed by atoms with Gasteiger partial charge in [-0.2, -0.15) is 11.8 Å². The second-order valence-corrected chi connectivity index (χ2v) is 8.98. The van der Waals surface area contributed by atoms with E-state index in [0.717, 1.165) is 50.0 Å². The zero-order valence-electron chi connectivity index (χ0n) is 17.0. The number of nitrogens with one attached hydrogen (secondary N) is 2. The van der Waals surface area contributed by atoms with Crippen LogP contribution in [0.5, 0.6) is 0 Å². The first-order valence-electron chi connectivity index (χ1n) is 10.6. The Kier molecular flexibility index (Phi) is 7.80. The Morgan fingerprint density at radius 1 is 1.21 bits per heavy atom. The van der Waals surface area contributed by atoms with Crippen LogP contribution in [-0.2, 0) is 16.0 Å². The van der Waals surface area contributed by atoms with Crippen LogP contribution in [0, 0.1) is 0 Å². The van der Waals surface area contributed by atoms with Crippen molar-refractivity contribution in [2.75, 3.05) is 18.6 Å². The van der Waals surface area contributed by atoms with Crippen molar-refractivity contribution in [2.24, 2.45) is 0 Å². The number of hydrogen-bond acceptors (Lipinski definition) is 4. The van der Waals surface area contributed by atoms with Gasteiger partial charge in [-0.25, -0.2) is 0 Å². The van der Waals surface area contributed by atoms with E-state index in [4.69, 9.17) is 0 Å². The average Bonchev–Trinajstić information content (AvgIpc) is 3.13. The summed E-state index contributed by atoms with van der Waals surface area (Å²) in [6, 6.07) is 10.6. The quantitative estimate of drug-likeness (QED) is 0.622. The minimum absolute atomic E-state index is 0.0604. The summed E-state index contributed by atoms with van der Waals surface area (Å²) < 4.78 is 0. The molecule has 5 nitrogen and oxygen atoms in total. The van der Waals surface area contributed by atoms with Crippen LogP contribution in [0.1, 0.15) is 44.6 Å². The fourth-order valence-electron chi connectivity index (χ4n) is 4.41.